The SMILES string of the molecule is C#CCCNc1cc(OCCC)ncn1. The van der Waals surface area contributed by atoms with Gasteiger partial charge in [-0.25, -0.2) is 9.97 Å². The van der Waals surface area contributed by atoms with Crippen LogP contribution in [0.5, 0.6) is 5.88 Å². The van der Waals surface area contributed by atoms with Gasteiger partial charge >= 0.3 is 0 Å². The number of rotatable bonds is 6. The topological polar surface area (TPSA) is 47.0 Å². The van der Waals surface area contributed by atoms with Gasteiger partial charge in [0, 0.05) is 19.0 Å². The van der Waals surface area contributed by atoms with E-state index in [1.54, 1.807) is 6.07 Å². The second-order valence-corrected chi connectivity index (χ2v) is 2.97. The number of hydrogen-bond acceptors (Lipinski definition) is 4. The van der Waals surface area contributed by atoms with Gasteiger partial charge in [0.25, 0.3) is 0 Å². The Morgan fingerprint density at radius 1 is 1.53 bits per heavy atom. The standard InChI is InChI=1S/C11H15N3O/c1-3-5-6-12-10-8-11(14-9-13-10)15-7-4-2/h1,8-9H,4-7H2,2H3,(H,12,13,14). The fourth-order valence-electron chi connectivity index (χ4n) is 0.984. The first kappa shape index (κ1) is 11.3. The van der Waals surface area contributed by atoms with Crippen LogP contribution in [0.1, 0.15) is 19.8 Å². The van der Waals surface area contributed by atoms with Crippen molar-refractivity contribution in [2.45, 2.75) is 19.8 Å². The summed E-state index contributed by atoms with van der Waals surface area (Å²) in [5.41, 5.74) is 0. The molecular formula is C11H15N3O. The van der Waals surface area contributed by atoms with Gasteiger partial charge < -0.3 is 10.1 Å². The number of nitrogens with zero attached hydrogens (tertiary/aromatic N) is 2. The Balaban J connectivity index is 2.47. The zero-order chi connectivity index (χ0) is 10.9. The zero-order valence-electron chi connectivity index (χ0n) is 8.86. The summed E-state index contributed by atoms with van der Waals surface area (Å²) in [5.74, 6) is 3.88. The van der Waals surface area contributed by atoms with E-state index in [1.807, 2.05) is 6.92 Å². The highest BCUT2D eigenvalue weighted by Crippen LogP contribution is 2.10. The third-order valence-corrected chi connectivity index (χ3v) is 1.67. The number of anilines is 1. The Hall–Kier alpha value is -1.76. The number of nitrogens with one attached hydrogen (secondary N) is 1. The van der Waals surface area contributed by atoms with E-state index in [0.29, 0.717) is 25.5 Å². The Labute approximate surface area is 90.1 Å². The number of ether oxygens (including phenoxy) is 1. The minimum atomic E-state index is 0.593. The maximum Gasteiger partial charge on any atom is 0.218 e. The fourth-order valence-corrected chi connectivity index (χ4v) is 0.984. The molecule has 0 spiro atoms. The van der Waals surface area contributed by atoms with Crippen molar-refractivity contribution in [3.8, 4) is 18.2 Å². The van der Waals surface area contributed by atoms with E-state index in [-0.39, 0.29) is 0 Å². The van der Waals surface area contributed by atoms with Crippen molar-refractivity contribution in [1.82, 2.24) is 9.97 Å². The van der Waals surface area contributed by atoms with Crippen LogP contribution in [-0.4, -0.2) is 23.1 Å². The Kier molecular flexibility index (Phi) is 5.02. The molecule has 15 heavy (non-hydrogen) atoms. The van der Waals surface area contributed by atoms with E-state index < -0.39 is 0 Å². The van der Waals surface area contributed by atoms with E-state index >= 15 is 0 Å². The van der Waals surface area contributed by atoms with Crippen LogP contribution in [-0.2, 0) is 0 Å². The second kappa shape index (κ2) is 6.66. The van der Waals surface area contributed by atoms with Crippen LogP contribution >= 0.6 is 0 Å². The molecule has 1 heterocycles. The smallest absolute Gasteiger partial charge is 0.218 e. The van der Waals surface area contributed by atoms with Crippen LogP contribution in [0, 0.1) is 12.3 Å². The summed E-state index contributed by atoms with van der Waals surface area (Å²) in [6, 6.07) is 1.77. The molecule has 4 heteroatoms. The summed E-state index contributed by atoms with van der Waals surface area (Å²) in [6.07, 6.45) is 8.25. The molecule has 0 fully saturated rings. The lowest BCUT2D eigenvalue weighted by molar-refractivity contribution is 0.305. The lowest BCUT2D eigenvalue weighted by atomic mass is 10.4. The van der Waals surface area contributed by atoms with Crippen molar-refractivity contribution in [2.24, 2.45) is 0 Å². The molecule has 1 aromatic rings. The van der Waals surface area contributed by atoms with Gasteiger partial charge in [-0.1, -0.05) is 6.92 Å². The van der Waals surface area contributed by atoms with Gasteiger partial charge in [-0.3, -0.25) is 0 Å². The summed E-state index contributed by atoms with van der Waals surface area (Å²) in [5, 5.41) is 3.09. The lowest BCUT2D eigenvalue weighted by Crippen LogP contribution is -2.04. The van der Waals surface area contributed by atoms with Crippen LogP contribution in [0.2, 0.25) is 0 Å². The fraction of sp³-hybridized carbons (Fsp3) is 0.455. The Morgan fingerprint density at radius 2 is 2.40 bits per heavy atom. The van der Waals surface area contributed by atoms with E-state index in [2.05, 4.69) is 21.2 Å². The van der Waals surface area contributed by atoms with Crippen LogP contribution in [0.3, 0.4) is 0 Å². The van der Waals surface area contributed by atoms with Gasteiger partial charge in [0.2, 0.25) is 5.88 Å². The molecule has 0 atom stereocenters. The van der Waals surface area contributed by atoms with E-state index in [4.69, 9.17) is 11.2 Å². The molecule has 0 saturated heterocycles. The van der Waals surface area contributed by atoms with Crippen molar-refractivity contribution >= 4 is 5.82 Å². The van der Waals surface area contributed by atoms with Crippen molar-refractivity contribution in [1.29, 1.82) is 0 Å². The molecule has 4 nitrogen and oxygen atoms in total. The molecule has 0 aliphatic carbocycles. The highest BCUT2D eigenvalue weighted by Gasteiger charge is 1.97. The average molecular weight is 205 g/mol. The Bertz CT molecular complexity index is 333. The first-order valence-electron chi connectivity index (χ1n) is 4.99. The van der Waals surface area contributed by atoms with Gasteiger partial charge in [0.1, 0.15) is 12.1 Å². The van der Waals surface area contributed by atoms with E-state index in [0.717, 1.165) is 12.2 Å². The number of terminal acetylenes is 1. The highest BCUT2D eigenvalue weighted by atomic mass is 16.5. The van der Waals surface area contributed by atoms with Crippen molar-refractivity contribution < 1.29 is 4.74 Å². The van der Waals surface area contributed by atoms with Crippen molar-refractivity contribution in [2.75, 3.05) is 18.5 Å². The van der Waals surface area contributed by atoms with E-state index in [1.165, 1.54) is 6.33 Å². The quantitative estimate of drug-likeness (QED) is 0.567. The zero-order valence-corrected chi connectivity index (χ0v) is 8.86. The summed E-state index contributed by atoms with van der Waals surface area (Å²) in [6.45, 7) is 3.43. The molecule has 1 rings (SSSR count). The second-order valence-electron chi connectivity index (χ2n) is 2.97. The summed E-state index contributed by atoms with van der Waals surface area (Å²) in [7, 11) is 0. The molecule has 1 aromatic heterocycles. The molecule has 0 radical (unpaired) electrons. The maximum absolute atomic E-state index is 5.37. The summed E-state index contributed by atoms with van der Waals surface area (Å²) in [4.78, 5) is 8.04. The predicted octanol–water partition coefficient (Wildman–Crippen LogP) is 1.70. The van der Waals surface area contributed by atoms with Crippen LogP contribution in [0.25, 0.3) is 0 Å². The normalized spacial score (nSPS) is 9.33. The van der Waals surface area contributed by atoms with Crippen molar-refractivity contribution in [3.05, 3.63) is 12.4 Å². The number of hydrogen-bond donors (Lipinski definition) is 1. The molecule has 0 saturated carbocycles. The number of aromatic nitrogens is 2. The molecule has 80 valence electrons. The molecule has 0 amide bonds. The summed E-state index contributed by atoms with van der Waals surface area (Å²) >= 11 is 0. The minimum Gasteiger partial charge on any atom is -0.478 e. The van der Waals surface area contributed by atoms with Gasteiger partial charge in [0.05, 0.1) is 6.61 Å². The lowest BCUT2D eigenvalue weighted by Gasteiger charge is -2.06. The Morgan fingerprint density at radius 3 is 3.13 bits per heavy atom. The van der Waals surface area contributed by atoms with Gasteiger partial charge in [-0.15, -0.1) is 12.3 Å². The molecular weight excluding hydrogens is 190 g/mol. The monoisotopic (exact) mass is 205 g/mol. The maximum atomic E-state index is 5.37. The first-order chi connectivity index (χ1) is 7.36. The minimum absolute atomic E-state index is 0.593. The van der Waals surface area contributed by atoms with Crippen LogP contribution in [0.4, 0.5) is 5.82 Å². The average Bonchev–Trinajstić information content (AvgIpc) is 2.27. The molecule has 0 aliphatic rings. The largest absolute Gasteiger partial charge is 0.478 e. The first-order valence-corrected chi connectivity index (χ1v) is 4.99. The molecule has 0 aliphatic heterocycles. The highest BCUT2D eigenvalue weighted by molar-refractivity contribution is 5.37. The van der Waals surface area contributed by atoms with Gasteiger partial charge in [-0.05, 0) is 6.42 Å². The molecule has 1 N–H and O–H groups in total. The molecule has 0 aromatic carbocycles. The van der Waals surface area contributed by atoms with Crippen LogP contribution < -0.4 is 10.1 Å². The third kappa shape index (κ3) is 4.32. The van der Waals surface area contributed by atoms with Crippen LogP contribution in [0.15, 0.2) is 12.4 Å². The summed E-state index contributed by atoms with van der Waals surface area (Å²) < 4.78 is 5.37. The van der Waals surface area contributed by atoms with E-state index in [9.17, 15) is 0 Å². The predicted molar refractivity (Wildman–Crippen MR) is 59.8 cm³/mol. The van der Waals surface area contributed by atoms with Gasteiger partial charge in [0.15, 0.2) is 0 Å². The third-order valence-electron chi connectivity index (χ3n) is 1.67. The van der Waals surface area contributed by atoms with Crippen molar-refractivity contribution in [3.63, 3.8) is 0 Å². The van der Waals surface area contributed by atoms with Gasteiger partial charge in [-0.2, -0.15) is 0 Å². The molecule has 0 unspecified atom stereocenters. The molecule has 0 bridgehead atoms.